The average Bonchev–Trinajstić information content (AvgIpc) is 3.20. The molecule has 1 aromatic carbocycles. The van der Waals surface area contributed by atoms with Crippen molar-refractivity contribution in [2.45, 2.75) is 25.7 Å². The zero-order valence-corrected chi connectivity index (χ0v) is 11.6. The molecule has 0 spiro atoms. The Morgan fingerprint density at radius 3 is 2.76 bits per heavy atom. The Hall–Kier alpha value is -2.63. The molecule has 0 saturated heterocycles. The number of ketones is 1. The minimum atomic E-state index is -0.385. The van der Waals surface area contributed by atoms with Crippen LogP contribution in [0.25, 0.3) is 0 Å². The minimum absolute atomic E-state index is 0.0413. The molecule has 6 heteroatoms. The van der Waals surface area contributed by atoms with Gasteiger partial charge in [0.15, 0.2) is 11.6 Å². The van der Waals surface area contributed by atoms with Crippen molar-refractivity contribution in [1.29, 1.82) is 0 Å². The molecule has 1 heterocycles. The van der Waals surface area contributed by atoms with Crippen LogP contribution in [0.3, 0.4) is 0 Å². The molecule has 1 saturated carbocycles. The molecule has 6 nitrogen and oxygen atoms in total. The molecule has 2 amide bonds. The molecule has 3 N–H and O–H groups in total. The summed E-state index contributed by atoms with van der Waals surface area (Å²) in [6, 6.07) is 8.27. The third-order valence-corrected chi connectivity index (χ3v) is 3.38. The molecule has 1 aliphatic rings. The number of nitrogens with zero attached hydrogens (tertiary/aromatic N) is 1. The normalized spacial score (nSPS) is 13.8. The lowest BCUT2D eigenvalue weighted by Gasteiger charge is -2.06. The highest BCUT2D eigenvalue weighted by Gasteiger charge is 2.25. The summed E-state index contributed by atoms with van der Waals surface area (Å²) < 4.78 is 0. The van der Waals surface area contributed by atoms with Gasteiger partial charge in [0.2, 0.25) is 0 Å². The van der Waals surface area contributed by atoms with Gasteiger partial charge < -0.3 is 5.32 Å². The Balaban J connectivity index is 1.62. The third-order valence-electron chi connectivity index (χ3n) is 3.38. The molecule has 1 aromatic heterocycles. The lowest BCUT2D eigenvalue weighted by atomic mass is 10.1. The monoisotopic (exact) mass is 284 g/mol. The van der Waals surface area contributed by atoms with Crippen LogP contribution in [0.4, 0.5) is 16.3 Å². The van der Waals surface area contributed by atoms with E-state index in [1.807, 2.05) is 6.07 Å². The maximum atomic E-state index is 11.9. The van der Waals surface area contributed by atoms with E-state index in [4.69, 9.17) is 0 Å². The smallest absolute Gasteiger partial charge is 0.308 e. The van der Waals surface area contributed by atoms with Crippen LogP contribution in [0, 0.1) is 0 Å². The molecule has 1 fully saturated rings. The highest BCUT2D eigenvalue weighted by Crippen LogP contribution is 2.39. The first-order chi connectivity index (χ1) is 10.1. The van der Waals surface area contributed by atoms with E-state index < -0.39 is 0 Å². The number of benzene rings is 1. The van der Waals surface area contributed by atoms with Crippen molar-refractivity contribution in [3.05, 3.63) is 41.6 Å². The van der Waals surface area contributed by atoms with Gasteiger partial charge in [0.1, 0.15) is 0 Å². The second-order valence-electron chi connectivity index (χ2n) is 5.20. The molecule has 0 aliphatic heterocycles. The summed E-state index contributed by atoms with van der Waals surface area (Å²) in [5, 5.41) is 12.3. The number of hydrogen-bond donors (Lipinski definition) is 3. The zero-order chi connectivity index (χ0) is 14.8. The van der Waals surface area contributed by atoms with Crippen LogP contribution in [0.1, 0.15) is 41.7 Å². The summed E-state index contributed by atoms with van der Waals surface area (Å²) in [5.41, 5.74) is 2.19. The van der Waals surface area contributed by atoms with Crippen LogP contribution in [-0.4, -0.2) is 22.0 Å². The quantitative estimate of drug-likeness (QED) is 0.754. The van der Waals surface area contributed by atoms with Gasteiger partial charge >= 0.3 is 6.03 Å². The summed E-state index contributed by atoms with van der Waals surface area (Å²) in [6.07, 6.45) is 2.34. The zero-order valence-electron chi connectivity index (χ0n) is 11.6. The van der Waals surface area contributed by atoms with Crippen LogP contribution in [-0.2, 0) is 0 Å². The Bertz CT molecular complexity index is 688. The number of hydrogen-bond acceptors (Lipinski definition) is 3. The van der Waals surface area contributed by atoms with E-state index in [0.717, 1.165) is 5.69 Å². The summed E-state index contributed by atoms with van der Waals surface area (Å²) >= 11 is 0. The van der Waals surface area contributed by atoms with E-state index in [1.54, 1.807) is 24.3 Å². The molecule has 21 heavy (non-hydrogen) atoms. The number of anilines is 2. The molecule has 3 rings (SSSR count). The summed E-state index contributed by atoms with van der Waals surface area (Å²) in [7, 11) is 0. The van der Waals surface area contributed by atoms with E-state index in [0.29, 0.717) is 23.0 Å². The van der Waals surface area contributed by atoms with Gasteiger partial charge in [0, 0.05) is 28.9 Å². The number of carbonyl (C=O) groups is 2. The van der Waals surface area contributed by atoms with Crippen molar-refractivity contribution in [2.75, 3.05) is 10.6 Å². The number of aromatic nitrogens is 2. The fraction of sp³-hybridized carbons (Fsp3) is 0.267. The summed E-state index contributed by atoms with van der Waals surface area (Å²) in [5.74, 6) is 1.01. The van der Waals surface area contributed by atoms with Gasteiger partial charge in [-0.15, -0.1) is 0 Å². The van der Waals surface area contributed by atoms with Gasteiger partial charge in [-0.05, 0) is 31.9 Å². The van der Waals surface area contributed by atoms with Crippen LogP contribution in [0.5, 0.6) is 0 Å². The van der Waals surface area contributed by atoms with Crippen molar-refractivity contribution >= 4 is 23.3 Å². The number of Topliss-reactive ketones (excluding diaryl/α,β-unsaturated/α-hetero) is 1. The van der Waals surface area contributed by atoms with Gasteiger partial charge in [-0.1, -0.05) is 12.1 Å². The molecule has 108 valence electrons. The first kappa shape index (κ1) is 13.4. The maximum Gasteiger partial charge on any atom is 0.324 e. The van der Waals surface area contributed by atoms with Gasteiger partial charge in [-0.25, -0.2) is 4.79 Å². The lowest BCUT2D eigenvalue weighted by molar-refractivity contribution is 0.101. The van der Waals surface area contributed by atoms with Gasteiger partial charge in [0.25, 0.3) is 0 Å². The van der Waals surface area contributed by atoms with Crippen LogP contribution in [0.15, 0.2) is 30.3 Å². The lowest BCUT2D eigenvalue weighted by Crippen LogP contribution is -2.19. The van der Waals surface area contributed by atoms with Crippen molar-refractivity contribution < 1.29 is 9.59 Å². The Kier molecular flexibility index (Phi) is 3.43. The number of aromatic amines is 1. The van der Waals surface area contributed by atoms with E-state index in [2.05, 4.69) is 20.8 Å². The Morgan fingerprint density at radius 2 is 2.05 bits per heavy atom. The van der Waals surface area contributed by atoms with Gasteiger partial charge in [-0.3, -0.25) is 15.2 Å². The number of carbonyl (C=O) groups excluding carboxylic acids is 2. The first-order valence-electron chi connectivity index (χ1n) is 6.86. The van der Waals surface area contributed by atoms with Crippen molar-refractivity contribution in [1.82, 2.24) is 10.2 Å². The standard InChI is InChI=1S/C15H16N4O2/c1-9(20)11-3-2-4-12(7-11)16-15(21)17-14-8-13(18-19-14)10-5-6-10/h2-4,7-8,10H,5-6H2,1H3,(H3,16,17,18,19,21). The van der Waals surface area contributed by atoms with Crippen molar-refractivity contribution in [3.8, 4) is 0 Å². The SMILES string of the molecule is CC(=O)c1cccc(NC(=O)Nc2cc(C3CC3)[nH]n2)c1. The highest BCUT2D eigenvalue weighted by atomic mass is 16.2. The third kappa shape index (κ3) is 3.28. The minimum Gasteiger partial charge on any atom is -0.308 e. The summed E-state index contributed by atoms with van der Waals surface area (Å²) in [6.45, 7) is 1.49. The van der Waals surface area contributed by atoms with Crippen LogP contribution >= 0.6 is 0 Å². The number of nitrogens with one attached hydrogen (secondary N) is 3. The largest absolute Gasteiger partial charge is 0.324 e. The second kappa shape index (κ2) is 5.40. The molecule has 0 bridgehead atoms. The molecule has 2 aromatic rings. The van der Waals surface area contributed by atoms with E-state index >= 15 is 0 Å². The van der Waals surface area contributed by atoms with Crippen molar-refractivity contribution in [2.24, 2.45) is 0 Å². The molecular formula is C15H16N4O2. The topological polar surface area (TPSA) is 86.9 Å². The fourth-order valence-corrected chi connectivity index (χ4v) is 2.10. The van der Waals surface area contributed by atoms with Gasteiger partial charge in [0.05, 0.1) is 0 Å². The Morgan fingerprint density at radius 1 is 1.24 bits per heavy atom. The summed E-state index contributed by atoms with van der Waals surface area (Å²) in [4.78, 5) is 23.2. The molecular weight excluding hydrogens is 268 g/mol. The van der Waals surface area contributed by atoms with Crippen molar-refractivity contribution in [3.63, 3.8) is 0 Å². The molecule has 0 unspecified atom stereocenters. The van der Waals surface area contributed by atoms with E-state index in [1.165, 1.54) is 19.8 Å². The first-order valence-corrected chi connectivity index (χ1v) is 6.86. The number of rotatable bonds is 4. The highest BCUT2D eigenvalue weighted by molar-refractivity contribution is 6.01. The van der Waals surface area contributed by atoms with Crippen LogP contribution in [0.2, 0.25) is 0 Å². The number of H-pyrrole nitrogens is 1. The van der Waals surface area contributed by atoms with Crippen LogP contribution < -0.4 is 10.6 Å². The molecule has 0 atom stereocenters. The second-order valence-corrected chi connectivity index (χ2v) is 5.20. The number of urea groups is 1. The number of amides is 2. The predicted octanol–water partition coefficient (Wildman–Crippen LogP) is 3.13. The predicted molar refractivity (Wildman–Crippen MR) is 79.7 cm³/mol. The maximum absolute atomic E-state index is 11.9. The molecule has 1 aliphatic carbocycles. The van der Waals surface area contributed by atoms with Gasteiger partial charge in [-0.2, -0.15) is 5.10 Å². The molecule has 0 radical (unpaired) electrons. The Labute approximate surface area is 121 Å². The van der Waals surface area contributed by atoms with E-state index in [-0.39, 0.29) is 11.8 Å². The average molecular weight is 284 g/mol. The van der Waals surface area contributed by atoms with E-state index in [9.17, 15) is 9.59 Å². The fourth-order valence-electron chi connectivity index (χ4n) is 2.10.